The fourth-order valence-electron chi connectivity index (χ4n) is 2.34. The van der Waals surface area contributed by atoms with E-state index in [2.05, 4.69) is 5.32 Å². The largest absolute Gasteiger partial charge is 0.366 e. The molecule has 0 aliphatic rings. The highest BCUT2D eigenvalue weighted by Crippen LogP contribution is 2.35. The van der Waals surface area contributed by atoms with Crippen LogP contribution in [0, 0.1) is 11.6 Å². The lowest BCUT2D eigenvalue weighted by molar-refractivity contribution is -0.112. The van der Waals surface area contributed by atoms with E-state index in [9.17, 15) is 23.2 Å². The van der Waals surface area contributed by atoms with Crippen molar-refractivity contribution in [3.8, 4) is 10.4 Å². The molecule has 0 fully saturated rings. The van der Waals surface area contributed by atoms with Crippen LogP contribution in [-0.2, 0) is 4.79 Å². The Morgan fingerprint density at radius 2 is 1.63 bits per heavy atom. The number of ketones is 1. The van der Waals surface area contributed by atoms with E-state index in [0.29, 0.717) is 10.9 Å². The maximum absolute atomic E-state index is 13.3. The number of carbonyl (C=O) groups is 3. The molecule has 1 aromatic heterocycles. The van der Waals surface area contributed by atoms with Crippen molar-refractivity contribution in [1.82, 2.24) is 0 Å². The fraction of sp³-hybridized carbons (Fsp3) is 0. The van der Waals surface area contributed by atoms with Gasteiger partial charge in [0.25, 0.3) is 17.6 Å². The lowest BCUT2D eigenvalue weighted by atomic mass is 10.1. The summed E-state index contributed by atoms with van der Waals surface area (Å²) in [5.41, 5.74) is 5.88. The molecule has 27 heavy (non-hydrogen) atoms. The SMILES string of the molecule is NC(=O)c1cc(-c2ccccc2)sc1NC(=O)C(=O)c1ccc(F)c(F)c1. The Kier molecular flexibility index (Phi) is 5.09. The zero-order valence-electron chi connectivity index (χ0n) is 13.7. The van der Waals surface area contributed by atoms with Gasteiger partial charge in [-0.1, -0.05) is 30.3 Å². The predicted molar refractivity (Wildman–Crippen MR) is 97.6 cm³/mol. The summed E-state index contributed by atoms with van der Waals surface area (Å²) in [6, 6.07) is 13.0. The van der Waals surface area contributed by atoms with Crippen molar-refractivity contribution in [3.63, 3.8) is 0 Å². The van der Waals surface area contributed by atoms with Crippen molar-refractivity contribution in [3.05, 3.63) is 77.4 Å². The lowest BCUT2D eigenvalue weighted by Crippen LogP contribution is -2.24. The molecule has 0 atom stereocenters. The van der Waals surface area contributed by atoms with Gasteiger partial charge in [0.2, 0.25) is 0 Å². The zero-order valence-corrected chi connectivity index (χ0v) is 14.5. The van der Waals surface area contributed by atoms with Crippen LogP contribution >= 0.6 is 11.3 Å². The molecule has 2 amide bonds. The Bertz CT molecular complexity index is 1050. The van der Waals surface area contributed by atoms with Crippen molar-refractivity contribution in [1.29, 1.82) is 0 Å². The number of nitrogens with one attached hydrogen (secondary N) is 1. The molecule has 0 aliphatic heterocycles. The average molecular weight is 386 g/mol. The minimum absolute atomic E-state index is 0.0466. The molecule has 0 aliphatic carbocycles. The van der Waals surface area contributed by atoms with Crippen LogP contribution in [0.5, 0.6) is 0 Å². The van der Waals surface area contributed by atoms with E-state index in [1.807, 2.05) is 30.3 Å². The second-order valence-electron chi connectivity index (χ2n) is 5.50. The van der Waals surface area contributed by atoms with Gasteiger partial charge in [-0.15, -0.1) is 11.3 Å². The van der Waals surface area contributed by atoms with E-state index < -0.39 is 29.2 Å². The average Bonchev–Trinajstić information content (AvgIpc) is 3.08. The number of rotatable bonds is 5. The summed E-state index contributed by atoms with van der Waals surface area (Å²) in [6.45, 7) is 0. The maximum atomic E-state index is 13.3. The van der Waals surface area contributed by atoms with E-state index in [1.165, 1.54) is 6.07 Å². The summed E-state index contributed by atoms with van der Waals surface area (Å²) >= 11 is 1.07. The van der Waals surface area contributed by atoms with Crippen molar-refractivity contribution < 1.29 is 23.2 Å². The molecule has 5 nitrogen and oxygen atoms in total. The summed E-state index contributed by atoms with van der Waals surface area (Å²) in [5, 5.41) is 2.43. The normalized spacial score (nSPS) is 10.4. The van der Waals surface area contributed by atoms with Crippen LogP contribution in [0.25, 0.3) is 10.4 Å². The highest BCUT2D eigenvalue weighted by atomic mass is 32.1. The first-order valence-electron chi connectivity index (χ1n) is 7.66. The Labute approximate surface area is 156 Å². The number of amides is 2. The van der Waals surface area contributed by atoms with Gasteiger partial charge >= 0.3 is 0 Å². The van der Waals surface area contributed by atoms with Crippen LogP contribution in [-0.4, -0.2) is 17.6 Å². The molecule has 3 rings (SSSR count). The van der Waals surface area contributed by atoms with Crippen LogP contribution < -0.4 is 11.1 Å². The molecule has 1 heterocycles. The van der Waals surface area contributed by atoms with Gasteiger partial charge in [0.1, 0.15) is 5.00 Å². The molecule has 136 valence electrons. The Morgan fingerprint density at radius 1 is 0.926 bits per heavy atom. The maximum Gasteiger partial charge on any atom is 0.297 e. The molecule has 8 heteroatoms. The standard InChI is InChI=1S/C19H12F2N2O3S/c20-13-7-6-11(8-14(13)21)16(24)18(26)23-19-12(17(22)25)9-15(27-19)10-4-2-1-3-5-10/h1-9H,(H2,22,25)(H,23,26). The second kappa shape index (κ2) is 7.46. The van der Waals surface area contributed by atoms with Gasteiger partial charge in [-0.05, 0) is 29.8 Å². The first-order chi connectivity index (χ1) is 12.9. The minimum atomic E-state index is -1.24. The minimum Gasteiger partial charge on any atom is -0.366 e. The number of benzene rings is 2. The first-order valence-corrected chi connectivity index (χ1v) is 8.48. The van der Waals surface area contributed by atoms with Crippen molar-refractivity contribution in [2.24, 2.45) is 5.73 Å². The molecule has 0 saturated heterocycles. The van der Waals surface area contributed by atoms with E-state index in [-0.39, 0.29) is 16.1 Å². The van der Waals surface area contributed by atoms with Gasteiger partial charge in [0, 0.05) is 10.4 Å². The lowest BCUT2D eigenvalue weighted by Gasteiger charge is -2.04. The molecule has 3 N–H and O–H groups in total. The molecular formula is C19H12F2N2O3S. The van der Waals surface area contributed by atoms with Crippen molar-refractivity contribution in [2.45, 2.75) is 0 Å². The molecule has 3 aromatic rings. The fourth-order valence-corrected chi connectivity index (χ4v) is 3.40. The number of nitrogens with two attached hydrogens (primary N) is 1. The molecular weight excluding hydrogens is 374 g/mol. The molecule has 2 aromatic carbocycles. The molecule has 0 unspecified atom stereocenters. The Balaban J connectivity index is 1.88. The molecule has 0 spiro atoms. The monoisotopic (exact) mass is 386 g/mol. The highest BCUT2D eigenvalue weighted by molar-refractivity contribution is 7.20. The number of primary amides is 1. The zero-order chi connectivity index (χ0) is 19.6. The van der Waals surface area contributed by atoms with Crippen molar-refractivity contribution in [2.75, 3.05) is 5.32 Å². The number of anilines is 1. The van der Waals surface area contributed by atoms with Gasteiger partial charge in [0.15, 0.2) is 11.6 Å². The number of hydrogen-bond acceptors (Lipinski definition) is 4. The molecule has 0 bridgehead atoms. The van der Waals surface area contributed by atoms with E-state index in [4.69, 9.17) is 5.73 Å². The van der Waals surface area contributed by atoms with Gasteiger partial charge < -0.3 is 11.1 Å². The summed E-state index contributed by atoms with van der Waals surface area (Å²) in [4.78, 5) is 36.7. The number of thiophene rings is 1. The topological polar surface area (TPSA) is 89.3 Å². The van der Waals surface area contributed by atoms with Gasteiger partial charge in [-0.25, -0.2) is 8.78 Å². The number of Topliss-reactive ketones (excluding diaryl/α,β-unsaturated/α-hetero) is 1. The smallest absolute Gasteiger partial charge is 0.297 e. The summed E-state index contributed by atoms with van der Waals surface area (Å²) in [7, 11) is 0. The number of halogens is 2. The Hall–Kier alpha value is -3.39. The van der Waals surface area contributed by atoms with Gasteiger partial charge in [-0.3, -0.25) is 14.4 Å². The highest BCUT2D eigenvalue weighted by Gasteiger charge is 2.22. The van der Waals surface area contributed by atoms with Gasteiger partial charge in [0.05, 0.1) is 5.56 Å². The number of hydrogen-bond donors (Lipinski definition) is 2. The van der Waals surface area contributed by atoms with E-state index in [1.54, 1.807) is 0 Å². The molecule has 0 radical (unpaired) electrons. The summed E-state index contributed by atoms with van der Waals surface area (Å²) < 4.78 is 26.3. The quantitative estimate of drug-likeness (QED) is 0.519. The van der Waals surface area contributed by atoms with E-state index >= 15 is 0 Å². The van der Waals surface area contributed by atoms with Crippen LogP contribution in [0.2, 0.25) is 0 Å². The third kappa shape index (κ3) is 3.90. The Morgan fingerprint density at radius 3 is 2.26 bits per heavy atom. The summed E-state index contributed by atoms with van der Waals surface area (Å²) in [5.74, 6) is -5.31. The van der Waals surface area contributed by atoms with Crippen LogP contribution in [0.1, 0.15) is 20.7 Å². The third-order valence-corrected chi connectivity index (χ3v) is 4.77. The van der Waals surface area contributed by atoms with Crippen LogP contribution in [0.3, 0.4) is 0 Å². The van der Waals surface area contributed by atoms with Crippen LogP contribution in [0.4, 0.5) is 13.8 Å². The van der Waals surface area contributed by atoms with E-state index in [0.717, 1.165) is 29.0 Å². The molecule has 0 saturated carbocycles. The van der Waals surface area contributed by atoms with Gasteiger partial charge in [-0.2, -0.15) is 0 Å². The predicted octanol–water partition coefficient (Wildman–Crippen LogP) is 3.61. The number of carbonyl (C=O) groups excluding carboxylic acids is 3. The van der Waals surface area contributed by atoms with Crippen LogP contribution in [0.15, 0.2) is 54.6 Å². The second-order valence-corrected chi connectivity index (χ2v) is 6.55. The third-order valence-electron chi connectivity index (χ3n) is 3.67. The van der Waals surface area contributed by atoms with Crippen molar-refractivity contribution >= 4 is 33.9 Å². The summed E-state index contributed by atoms with van der Waals surface area (Å²) in [6.07, 6.45) is 0. The first kappa shape index (κ1) is 18.4.